The second-order valence-electron chi connectivity index (χ2n) is 7.97. The number of rotatable bonds is 4. The second-order valence-corrected chi connectivity index (χ2v) is 7.97. The van der Waals surface area contributed by atoms with Crippen molar-refractivity contribution >= 4 is 18.3 Å². The Morgan fingerprint density at radius 2 is 1.37 bits per heavy atom. The van der Waals surface area contributed by atoms with Gasteiger partial charge >= 0.3 is 0 Å². The van der Waals surface area contributed by atoms with Crippen LogP contribution in [0, 0.1) is 11.8 Å². The van der Waals surface area contributed by atoms with Crippen molar-refractivity contribution in [2.45, 2.75) is 50.1 Å². The molecular weight excluding hydrogens is 356 g/mol. The van der Waals surface area contributed by atoms with Gasteiger partial charge in [0.25, 0.3) is 0 Å². The van der Waals surface area contributed by atoms with E-state index in [-0.39, 0.29) is 30.3 Å². The van der Waals surface area contributed by atoms with Crippen LogP contribution >= 0.6 is 12.4 Å². The SMILES string of the molecule is Cl.NC1CC2CCCC(C1)C2NC(=O)C(c1ccccc1)c1ccccc1. The molecular formula is C23H29ClN2O. The molecule has 0 radical (unpaired) electrons. The maximum Gasteiger partial charge on any atom is 0.232 e. The standard InChI is InChI=1S/C23H28N2O.ClH/c24-20-14-18-12-7-13-19(15-20)22(18)25-23(26)21(16-8-3-1-4-9-16)17-10-5-2-6-11-17;/h1-6,8-11,18-22H,7,12-15,24H2,(H,25,26);1H. The number of hydrogen-bond donors (Lipinski definition) is 2. The zero-order valence-electron chi connectivity index (χ0n) is 15.6. The smallest absolute Gasteiger partial charge is 0.232 e. The Morgan fingerprint density at radius 3 is 1.85 bits per heavy atom. The molecule has 2 bridgehead atoms. The fraction of sp³-hybridized carbons (Fsp3) is 0.435. The van der Waals surface area contributed by atoms with Gasteiger partial charge in [-0.2, -0.15) is 0 Å². The van der Waals surface area contributed by atoms with E-state index < -0.39 is 0 Å². The molecule has 2 aromatic carbocycles. The minimum absolute atomic E-state index is 0. The number of amides is 1. The first kappa shape index (κ1) is 19.9. The predicted octanol–water partition coefficient (Wildman–Crippen LogP) is 4.26. The van der Waals surface area contributed by atoms with Crippen molar-refractivity contribution < 1.29 is 4.79 Å². The van der Waals surface area contributed by atoms with E-state index in [0.717, 1.165) is 24.0 Å². The summed E-state index contributed by atoms with van der Waals surface area (Å²) in [7, 11) is 0. The third-order valence-electron chi connectivity index (χ3n) is 6.21. The minimum atomic E-state index is -0.256. The summed E-state index contributed by atoms with van der Waals surface area (Å²) < 4.78 is 0. The number of nitrogens with two attached hydrogens (primary N) is 1. The third-order valence-corrected chi connectivity index (χ3v) is 6.21. The van der Waals surface area contributed by atoms with E-state index >= 15 is 0 Å². The highest BCUT2D eigenvalue weighted by molar-refractivity contribution is 5.87. The van der Waals surface area contributed by atoms with Gasteiger partial charge in [-0.1, -0.05) is 67.1 Å². The van der Waals surface area contributed by atoms with Crippen molar-refractivity contribution in [3.8, 4) is 0 Å². The summed E-state index contributed by atoms with van der Waals surface area (Å²) in [5, 5.41) is 3.44. The second kappa shape index (κ2) is 8.90. The van der Waals surface area contributed by atoms with Gasteiger partial charge in [0.1, 0.15) is 0 Å². The lowest BCUT2D eigenvalue weighted by atomic mass is 9.67. The van der Waals surface area contributed by atoms with E-state index in [9.17, 15) is 4.79 Å². The maximum absolute atomic E-state index is 13.4. The van der Waals surface area contributed by atoms with Gasteiger partial charge in [0.2, 0.25) is 5.91 Å². The highest BCUT2D eigenvalue weighted by Gasteiger charge is 2.40. The summed E-state index contributed by atoms with van der Waals surface area (Å²) in [5.74, 6) is 0.941. The van der Waals surface area contributed by atoms with Crippen LogP contribution in [0.25, 0.3) is 0 Å². The molecule has 0 saturated heterocycles. The highest BCUT2D eigenvalue weighted by Crippen LogP contribution is 2.40. The maximum atomic E-state index is 13.4. The molecule has 0 aliphatic heterocycles. The summed E-state index contributed by atoms with van der Waals surface area (Å²) in [4.78, 5) is 13.4. The average molecular weight is 385 g/mol. The Labute approximate surface area is 168 Å². The number of carbonyl (C=O) groups is 1. The fourth-order valence-corrected chi connectivity index (χ4v) is 5.06. The molecule has 2 fully saturated rings. The lowest BCUT2D eigenvalue weighted by Crippen LogP contribution is -2.54. The van der Waals surface area contributed by atoms with Crippen LogP contribution in [0.2, 0.25) is 0 Å². The molecule has 2 aliphatic carbocycles. The van der Waals surface area contributed by atoms with Crippen molar-refractivity contribution in [1.29, 1.82) is 0 Å². The van der Waals surface area contributed by atoms with E-state index in [1.54, 1.807) is 0 Å². The van der Waals surface area contributed by atoms with Crippen LogP contribution in [0.4, 0.5) is 0 Å². The van der Waals surface area contributed by atoms with Gasteiger partial charge < -0.3 is 11.1 Å². The molecule has 4 heteroatoms. The normalized spacial score (nSPS) is 26.9. The van der Waals surface area contributed by atoms with Crippen molar-refractivity contribution in [3.63, 3.8) is 0 Å². The van der Waals surface area contributed by atoms with Gasteiger partial charge in [0.05, 0.1) is 5.92 Å². The molecule has 0 spiro atoms. The van der Waals surface area contributed by atoms with Crippen molar-refractivity contribution in [1.82, 2.24) is 5.32 Å². The molecule has 2 aliphatic rings. The van der Waals surface area contributed by atoms with Crippen LogP contribution in [0.3, 0.4) is 0 Å². The molecule has 3 N–H and O–H groups in total. The number of carbonyl (C=O) groups excluding carboxylic acids is 1. The molecule has 0 heterocycles. The van der Waals surface area contributed by atoms with Gasteiger partial charge in [0.15, 0.2) is 0 Å². The molecule has 2 saturated carbocycles. The molecule has 2 unspecified atom stereocenters. The Bertz CT molecular complexity index is 683. The van der Waals surface area contributed by atoms with E-state index in [4.69, 9.17) is 5.73 Å². The lowest BCUT2D eigenvalue weighted by Gasteiger charge is -2.45. The summed E-state index contributed by atoms with van der Waals surface area (Å²) in [6.07, 6.45) is 5.74. The summed E-state index contributed by atoms with van der Waals surface area (Å²) >= 11 is 0. The zero-order valence-corrected chi connectivity index (χ0v) is 16.4. The zero-order chi connectivity index (χ0) is 17.9. The summed E-state index contributed by atoms with van der Waals surface area (Å²) in [6.45, 7) is 0. The van der Waals surface area contributed by atoms with Gasteiger partial charge in [-0.05, 0) is 48.6 Å². The van der Waals surface area contributed by atoms with E-state index in [2.05, 4.69) is 29.6 Å². The Hall–Kier alpha value is -1.84. The van der Waals surface area contributed by atoms with E-state index in [1.165, 1.54) is 19.3 Å². The number of fused-ring (bicyclic) bond motifs is 2. The van der Waals surface area contributed by atoms with Gasteiger partial charge in [-0.3, -0.25) is 4.79 Å². The van der Waals surface area contributed by atoms with Crippen LogP contribution in [0.1, 0.15) is 49.1 Å². The summed E-state index contributed by atoms with van der Waals surface area (Å²) in [5.41, 5.74) is 8.35. The van der Waals surface area contributed by atoms with Gasteiger partial charge in [0, 0.05) is 12.1 Å². The van der Waals surface area contributed by atoms with Crippen molar-refractivity contribution in [2.75, 3.05) is 0 Å². The predicted molar refractivity (Wildman–Crippen MR) is 112 cm³/mol. The molecule has 2 atom stereocenters. The van der Waals surface area contributed by atoms with E-state index in [1.807, 2.05) is 36.4 Å². The van der Waals surface area contributed by atoms with Crippen LogP contribution in [0.5, 0.6) is 0 Å². The Balaban J connectivity index is 0.00000210. The number of nitrogens with one attached hydrogen (secondary N) is 1. The van der Waals surface area contributed by atoms with Gasteiger partial charge in [-0.25, -0.2) is 0 Å². The number of hydrogen-bond acceptors (Lipinski definition) is 2. The fourth-order valence-electron chi connectivity index (χ4n) is 5.06. The largest absolute Gasteiger partial charge is 0.352 e. The summed E-state index contributed by atoms with van der Waals surface area (Å²) in [6, 6.07) is 20.8. The topological polar surface area (TPSA) is 55.1 Å². The monoisotopic (exact) mass is 384 g/mol. The number of halogens is 1. The minimum Gasteiger partial charge on any atom is -0.352 e. The number of benzene rings is 2. The molecule has 1 amide bonds. The third kappa shape index (κ3) is 4.36. The molecule has 144 valence electrons. The van der Waals surface area contributed by atoms with Crippen LogP contribution in [-0.4, -0.2) is 18.0 Å². The highest BCUT2D eigenvalue weighted by atomic mass is 35.5. The van der Waals surface area contributed by atoms with Crippen LogP contribution in [-0.2, 0) is 4.79 Å². The molecule has 0 aromatic heterocycles. The molecule has 27 heavy (non-hydrogen) atoms. The molecule has 4 rings (SSSR count). The molecule has 3 nitrogen and oxygen atoms in total. The first-order valence-electron chi connectivity index (χ1n) is 9.88. The first-order valence-corrected chi connectivity index (χ1v) is 9.88. The van der Waals surface area contributed by atoms with Crippen molar-refractivity contribution in [3.05, 3.63) is 71.8 Å². The quantitative estimate of drug-likeness (QED) is 0.827. The van der Waals surface area contributed by atoms with E-state index in [0.29, 0.717) is 17.9 Å². The Morgan fingerprint density at radius 1 is 0.889 bits per heavy atom. The van der Waals surface area contributed by atoms with Crippen molar-refractivity contribution in [2.24, 2.45) is 17.6 Å². The van der Waals surface area contributed by atoms with Crippen LogP contribution in [0.15, 0.2) is 60.7 Å². The molecule has 2 aromatic rings. The lowest BCUT2D eigenvalue weighted by molar-refractivity contribution is -0.124. The Kier molecular flexibility index (Phi) is 6.56. The average Bonchev–Trinajstić information content (AvgIpc) is 2.64. The van der Waals surface area contributed by atoms with Crippen LogP contribution < -0.4 is 11.1 Å². The van der Waals surface area contributed by atoms with Gasteiger partial charge in [-0.15, -0.1) is 12.4 Å². The first-order chi connectivity index (χ1) is 12.7.